The average Bonchev–Trinajstić information content (AvgIpc) is 3.13. The van der Waals surface area contributed by atoms with E-state index in [1.807, 2.05) is 12.1 Å². The summed E-state index contributed by atoms with van der Waals surface area (Å²) in [5.41, 5.74) is 0.690. The van der Waals surface area contributed by atoms with Crippen LogP contribution < -0.4 is 10.6 Å². The van der Waals surface area contributed by atoms with E-state index in [1.165, 1.54) is 12.2 Å². The summed E-state index contributed by atoms with van der Waals surface area (Å²) >= 11 is 3.31. The summed E-state index contributed by atoms with van der Waals surface area (Å²) < 4.78 is 0.944. The van der Waals surface area contributed by atoms with Crippen molar-refractivity contribution in [2.45, 2.75) is 18.9 Å². The maximum absolute atomic E-state index is 11.5. The molecule has 1 aliphatic carbocycles. The van der Waals surface area contributed by atoms with Gasteiger partial charge in [0.05, 0.1) is 0 Å². The Labute approximate surface area is 114 Å². The number of carbonyl (C=O) groups is 2. The molecule has 0 unspecified atom stereocenters. The first-order chi connectivity index (χ1) is 8.63. The molecular formula is C13H13BrN2O2. The molecule has 0 saturated heterocycles. The first-order valence-electron chi connectivity index (χ1n) is 5.68. The SMILES string of the molecule is O=C(/C=C\C(=O)NC1CC1)Nc1ccc(Br)cc1. The maximum atomic E-state index is 11.5. The van der Waals surface area contributed by atoms with Gasteiger partial charge in [0, 0.05) is 28.4 Å². The van der Waals surface area contributed by atoms with Crippen LogP contribution in [0.3, 0.4) is 0 Å². The molecule has 2 amide bonds. The highest BCUT2D eigenvalue weighted by Crippen LogP contribution is 2.18. The van der Waals surface area contributed by atoms with Crippen molar-refractivity contribution in [3.05, 3.63) is 40.9 Å². The van der Waals surface area contributed by atoms with E-state index in [9.17, 15) is 9.59 Å². The Balaban J connectivity index is 1.81. The lowest BCUT2D eigenvalue weighted by Gasteiger charge is -2.01. The molecule has 0 spiro atoms. The number of carbonyl (C=O) groups excluding carboxylic acids is 2. The molecule has 4 nitrogen and oxygen atoms in total. The third kappa shape index (κ3) is 4.33. The van der Waals surface area contributed by atoms with Gasteiger partial charge in [-0.05, 0) is 37.1 Å². The summed E-state index contributed by atoms with van der Waals surface area (Å²) in [6.07, 6.45) is 4.56. The van der Waals surface area contributed by atoms with Crippen molar-refractivity contribution >= 4 is 33.4 Å². The second-order valence-corrected chi connectivity index (χ2v) is 5.03. The summed E-state index contributed by atoms with van der Waals surface area (Å²) in [5.74, 6) is -0.535. The van der Waals surface area contributed by atoms with E-state index >= 15 is 0 Å². The van der Waals surface area contributed by atoms with Gasteiger partial charge in [0.15, 0.2) is 0 Å². The topological polar surface area (TPSA) is 58.2 Å². The highest BCUT2D eigenvalue weighted by atomic mass is 79.9. The molecule has 0 aromatic heterocycles. The van der Waals surface area contributed by atoms with E-state index in [2.05, 4.69) is 26.6 Å². The Morgan fingerprint density at radius 3 is 2.33 bits per heavy atom. The van der Waals surface area contributed by atoms with Gasteiger partial charge in [-0.3, -0.25) is 9.59 Å². The van der Waals surface area contributed by atoms with Crippen LogP contribution in [-0.4, -0.2) is 17.9 Å². The van der Waals surface area contributed by atoms with Crippen molar-refractivity contribution in [3.8, 4) is 0 Å². The number of amides is 2. The highest BCUT2D eigenvalue weighted by Gasteiger charge is 2.22. The van der Waals surface area contributed by atoms with Crippen LogP contribution in [0.2, 0.25) is 0 Å². The minimum absolute atomic E-state index is 0.219. The third-order valence-electron chi connectivity index (χ3n) is 2.42. The molecule has 94 valence electrons. The Bertz CT molecular complexity index is 478. The summed E-state index contributed by atoms with van der Waals surface area (Å²) in [5, 5.41) is 5.44. The second-order valence-electron chi connectivity index (χ2n) is 4.11. The normalized spacial score (nSPS) is 14.5. The largest absolute Gasteiger partial charge is 0.350 e. The zero-order valence-electron chi connectivity index (χ0n) is 9.65. The Morgan fingerprint density at radius 1 is 1.11 bits per heavy atom. The van der Waals surface area contributed by atoms with Gasteiger partial charge in [-0.15, -0.1) is 0 Å². The van der Waals surface area contributed by atoms with Crippen molar-refractivity contribution in [1.29, 1.82) is 0 Å². The van der Waals surface area contributed by atoms with Gasteiger partial charge in [0.1, 0.15) is 0 Å². The van der Waals surface area contributed by atoms with E-state index < -0.39 is 0 Å². The van der Waals surface area contributed by atoms with Crippen LogP contribution in [0.15, 0.2) is 40.9 Å². The van der Waals surface area contributed by atoms with Crippen LogP contribution in [0.1, 0.15) is 12.8 Å². The van der Waals surface area contributed by atoms with Crippen molar-refractivity contribution < 1.29 is 9.59 Å². The lowest BCUT2D eigenvalue weighted by molar-refractivity contribution is -0.117. The molecule has 1 aromatic carbocycles. The van der Waals surface area contributed by atoms with Gasteiger partial charge in [-0.2, -0.15) is 0 Å². The zero-order valence-corrected chi connectivity index (χ0v) is 11.2. The number of halogens is 1. The van der Waals surface area contributed by atoms with E-state index in [0.717, 1.165) is 17.3 Å². The molecule has 0 radical (unpaired) electrons. The summed E-state index contributed by atoms with van der Waals surface area (Å²) in [6, 6.07) is 7.52. The molecule has 2 N–H and O–H groups in total. The molecule has 1 aliphatic rings. The van der Waals surface area contributed by atoms with E-state index in [4.69, 9.17) is 0 Å². The fourth-order valence-corrected chi connectivity index (χ4v) is 1.61. The lowest BCUT2D eigenvalue weighted by atomic mass is 10.3. The molecule has 18 heavy (non-hydrogen) atoms. The molecule has 1 aromatic rings. The van der Waals surface area contributed by atoms with Crippen LogP contribution >= 0.6 is 15.9 Å². The summed E-state index contributed by atoms with van der Waals surface area (Å²) in [7, 11) is 0. The van der Waals surface area contributed by atoms with Crippen molar-refractivity contribution in [1.82, 2.24) is 5.32 Å². The lowest BCUT2D eigenvalue weighted by Crippen LogP contribution is -2.23. The van der Waals surface area contributed by atoms with Crippen molar-refractivity contribution in [2.75, 3.05) is 5.32 Å². The summed E-state index contributed by atoms with van der Waals surface area (Å²) in [6.45, 7) is 0. The average molecular weight is 309 g/mol. The van der Waals surface area contributed by atoms with Crippen LogP contribution in [0.25, 0.3) is 0 Å². The predicted molar refractivity (Wildman–Crippen MR) is 73.1 cm³/mol. The van der Waals surface area contributed by atoms with Gasteiger partial charge < -0.3 is 10.6 Å². The standard InChI is InChI=1S/C13H13BrN2O2/c14-9-1-3-10(4-2-9)15-12(17)7-8-13(18)16-11-5-6-11/h1-4,7-8,11H,5-6H2,(H,15,17)(H,16,18)/b8-7-. The molecule has 0 atom stereocenters. The highest BCUT2D eigenvalue weighted by molar-refractivity contribution is 9.10. The van der Waals surface area contributed by atoms with Gasteiger partial charge in [-0.1, -0.05) is 15.9 Å². The molecule has 2 rings (SSSR count). The number of rotatable bonds is 4. The van der Waals surface area contributed by atoms with Crippen LogP contribution in [0.4, 0.5) is 5.69 Å². The summed E-state index contributed by atoms with van der Waals surface area (Å²) in [4.78, 5) is 22.8. The van der Waals surface area contributed by atoms with Crippen LogP contribution in [0, 0.1) is 0 Å². The minimum Gasteiger partial charge on any atom is -0.350 e. The molecular weight excluding hydrogens is 296 g/mol. The quantitative estimate of drug-likeness (QED) is 0.838. The number of anilines is 1. The van der Waals surface area contributed by atoms with Crippen molar-refractivity contribution in [3.63, 3.8) is 0 Å². The molecule has 0 heterocycles. The number of hydrogen-bond acceptors (Lipinski definition) is 2. The Kier molecular flexibility index (Phi) is 4.15. The first-order valence-corrected chi connectivity index (χ1v) is 6.48. The molecule has 0 bridgehead atoms. The Hall–Kier alpha value is -1.62. The fraction of sp³-hybridized carbons (Fsp3) is 0.231. The van der Waals surface area contributed by atoms with Gasteiger partial charge in [0.2, 0.25) is 11.8 Å². The third-order valence-corrected chi connectivity index (χ3v) is 2.95. The number of benzene rings is 1. The molecule has 0 aliphatic heterocycles. The smallest absolute Gasteiger partial charge is 0.248 e. The maximum Gasteiger partial charge on any atom is 0.248 e. The second kappa shape index (κ2) is 5.82. The zero-order chi connectivity index (χ0) is 13.0. The van der Waals surface area contributed by atoms with Gasteiger partial charge in [0.25, 0.3) is 0 Å². The number of nitrogens with one attached hydrogen (secondary N) is 2. The molecule has 1 saturated carbocycles. The van der Waals surface area contributed by atoms with Crippen LogP contribution in [0.5, 0.6) is 0 Å². The van der Waals surface area contributed by atoms with E-state index in [0.29, 0.717) is 11.7 Å². The van der Waals surface area contributed by atoms with Gasteiger partial charge >= 0.3 is 0 Å². The molecule has 5 heteroatoms. The first kappa shape index (κ1) is 12.8. The van der Waals surface area contributed by atoms with E-state index in [-0.39, 0.29) is 11.8 Å². The monoisotopic (exact) mass is 308 g/mol. The Morgan fingerprint density at radius 2 is 1.72 bits per heavy atom. The predicted octanol–water partition coefficient (Wildman–Crippen LogP) is 2.22. The number of hydrogen-bond donors (Lipinski definition) is 2. The van der Waals surface area contributed by atoms with Crippen LogP contribution in [-0.2, 0) is 9.59 Å². The minimum atomic E-state index is -0.316. The van der Waals surface area contributed by atoms with E-state index in [1.54, 1.807) is 12.1 Å². The molecule has 1 fully saturated rings. The van der Waals surface area contributed by atoms with Crippen molar-refractivity contribution in [2.24, 2.45) is 0 Å². The van der Waals surface area contributed by atoms with Gasteiger partial charge in [-0.25, -0.2) is 0 Å². The fourth-order valence-electron chi connectivity index (χ4n) is 1.35.